The number of sulfonamides is 1. The van der Waals surface area contributed by atoms with Gasteiger partial charge in [-0.15, -0.1) is 0 Å². The Morgan fingerprint density at radius 3 is 2.46 bits per heavy atom. The van der Waals surface area contributed by atoms with Gasteiger partial charge in [0.2, 0.25) is 5.91 Å². The molecule has 0 radical (unpaired) electrons. The van der Waals surface area contributed by atoms with Crippen LogP contribution in [0.2, 0.25) is 0 Å². The number of aryl methyl sites for hydroxylation is 1. The number of amides is 1. The van der Waals surface area contributed by atoms with Gasteiger partial charge in [-0.3, -0.25) is 4.79 Å². The first kappa shape index (κ1) is 17.2. The molecule has 0 aliphatic carbocycles. The first-order valence-electron chi connectivity index (χ1n) is 7.46. The summed E-state index contributed by atoms with van der Waals surface area (Å²) in [5.74, 6) is -4.67. The number of nitrogens with one attached hydrogen (secondary N) is 1. The second-order valence-corrected chi connectivity index (χ2v) is 7.77. The molecular formula is C15H16F3NO4S. The number of benzene rings is 1. The van der Waals surface area contributed by atoms with Crippen molar-refractivity contribution in [3.05, 3.63) is 29.8 Å². The van der Waals surface area contributed by atoms with E-state index >= 15 is 0 Å². The van der Waals surface area contributed by atoms with Crippen molar-refractivity contribution < 1.29 is 31.1 Å². The number of ether oxygens (including phenoxy) is 1. The van der Waals surface area contributed by atoms with Gasteiger partial charge in [0.1, 0.15) is 0 Å². The number of halogens is 3. The Morgan fingerprint density at radius 1 is 1.21 bits per heavy atom. The molecule has 1 N–H and O–H groups in total. The number of alkyl halides is 3. The fourth-order valence-electron chi connectivity index (χ4n) is 3.54. The number of carbonyl (C=O) groups is 1. The van der Waals surface area contributed by atoms with Gasteiger partial charge in [-0.1, -0.05) is 18.2 Å². The Balaban J connectivity index is 1.86. The summed E-state index contributed by atoms with van der Waals surface area (Å²) < 4.78 is 71.4. The third-order valence-corrected chi connectivity index (χ3v) is 6.08. The maximum absolute atomic E-state index is 13.2. The van der Waals surface area contributed by atoms with Crippen molar-refractivity contribution in [2.75, 3.05) is 0 Å². The van der Waals surface area contributed by atoms with E-state index in [1.807, 2.05) is 0 Å². The first-order valence-corrected chi connectivity index (χ1v) is 8.94. The minimum absolute atomic E-state index is 0.133. The number of fused-ring (bicyclic) bond motifs is 2. The normalized spacial score (nSPS) is 29.7. The van der Waals surface area contributed by atoms with E-state index < -0.39 is 46.2 Å². The average Bonchev–Trinajstić information content (AvgIpc) is 3.06. The lowest BCUT2D eigenvalue weighted by molar-refractivity contribution is -0.197. The summed E-state index contributed by atoms with van der Waals surface area (Å²) in [6.07, 6.45) is -6.04. The minimum atomic E-state index is -4.62. The molecule has 4 atom stereocenters. The van der Waals surface area contributed by atoms with Crippen molar-refractivity contribution in [2.24, 2.45) is 11.8 Å². The third kappa shape index (κ3) is 2.90. The van der Waals surface area contributed by atoms with Crippen LogP contribution in [0.25, 0.3) is 0 Å². The summed E-state index contributed by atoms with van der Waals surface area (Å²) >= 11 is 0. The van der Waals surface area contributed by atoms with Crippen molar-refractivity contribution in [1.29, 1.82) is 0 Å². The fourth-order valence-corrected chi connectivity index (χ4v) is 4.80. The maximum atomic E-state index is 13.2. The summed E-state index contributed by atoms with van der Waals surface area (Å²) in [4.78, 5) is 12.2. The number of hydrogen-bond donors (Lipinski definition) is 1. The fraction of sp³-hybridized carbons (Fsp3) is 0.533. The standard InChI is InChI=1S/C15H16F3NO4S/c1-8-4-2-3-5-11(8)24(21,22)19-14(20)12-9-6-7-10(23-9)13(12)15(16,17)18/h2-5,9-10,12-13H,6-7H2,1H3,(H,19,20). The summed E-state index contributed by atoms with van der Waals surface area (Å²) in [6, 6.07) is 5.94. The van der Waals surface area contributed by atoms with E-state index in [-0.39, 0.29) is 11.3 Å². The van der Waals surface area contributed by atoms with Crippen LogP contribution >= 0.6 is 0 Å². The van der Waals surface area contributed by atoms with Crippen LogP contribution in [0.4, 0.5) is 13.2 Å². The van der Waals surface area contributed by atoms with Gasteiger partial charge >= 0.3 is 6.18 Å². The molecule has 0 saturated carbocycles. The monoisotopic (exact) mass is 363 g/mol. The lowest BCUT2D eigenvalue weighted by Crippen LogP contribution is -2.47. The van der Waals surface area contributed by atoms with Crippen LogP contribution in [0.3, 0.4) is 0 Å². The molecule has 24 heavy (non-hydrogen) atoms. The second kappa shape index (κ2) is 5.73. The molecule has 1 amide bonds. The largest absolute Gasteiger partial charge is 0.395 e. The Bertz CT molecular complexity index is 762. The second-order valence-electron chi connectivity index (χ2n) is 6.12. The zero-order valence-corrected chi connectivity index (χ0v) is 13.5. The number of hydrogen-bond acceptors (Lipinski definition) is 4. The highest BCUT2D eigenvalue weighted by Gasteiger charge is 2.62. The van der Waals surface area contributed by atoms with E-state index in [1.54, 1.807) is 10.8 Å². The summed E-state index contributed by atoms with van der Waals surface area (Å²) in [7, 11) is -4.24. The molecule has 2 heterocycles. The molecule has 0 spiro atoms. The van der Waals surface area contributed by atoms with Crippen LogP contribution in [0.15, 0.2) is 29.2 Å². The average molecular weight is 363 g/mol. The molecule has 2 aliphatic heterocycles. The van der Waals surface area contributed by atoms with Gasteiger partial charge in [-0.05, 0) is 31.4 Å². The van der Waals surface area contributed by atoms with Gasteiger partial charge in [-0.25, -0.2) is 13.1 Å². The highest BCUT2D eigenvalue weighted by atomic mass is 32.2. The van der Waals surface area contributed by atoms with Gasteiger partial charge < -0.3 is 4.74 Å². The predicted octanol–water partition coefficient (Wildman–Crippen LogP) is 2.16. The van der Waals surface area contributed by atoms with Crippen LogP contribution in [0, 0.1) is 18.8 Å². The minimum Gasteiger partial charge on any atom is -0.373 e. The molecule has 2 bridgehead atoms. The predicted molar refractivity (Wildman–Crippen MR) is 77.4 cm³/mol. The van der Waals surface area contributed by atoms with Crippen LogP contribution in [-0.4, -0.2) is 32.7 Å². The Labute approximate surface area is 137 Å². The van der Waals surface area contributed by atoms with E-state index in [9.17, 15) is 26.4 Å². The Morgan fingerprint density at radius 2 is 1.83 bits per heavy atom. The molecule has 2 saturated heterocycles. The summed E-state index contributed by atoms with van der Waals surface area (Å²) in [6.45, 7) is 1.54. The zero-order chi connectivity index (χ0) is 17.7. The Kier molecular flexibility index (Phi) is 4.11. The molecule has 9 heteroatoms. The molecule has 3 rings (SSSR count). The van der Waals surface area contributed by atoms with Crippen molar-refractivity contribution >= 4 is 15.9 Å². The molecule has 2 fully saturated rings. The van der Waals surface area contributed by atoms with E-state index in [1.165, 1.54) is 25.1 Å². The molecule has 4 unspecified atom stereocenters. The lowest BCUT2D eigenvalue weighted by Gasteiger charge is -2.28. The molecule has 5 nitrogen and oxygen atoms in total. The topological polar surface area (TPSA) is 72.5 Å². The van der Waals surface area contributed by atoms with E-state index in [0.717, 1.165) is 0 Å². The molecule has 1 aromatic rings. The molecule has 1 aromatic carbocycles. The number of carbonyl (C=O) groups excluding carboxylic acids is 1. The SMILES string of the molecule is Cc1ccccc1S(=O)(=O)NC(=O)C1C2CCC(O2)C1C(F)(F)F. The highest BCUT2D eigenvalue weighted by Crippen LogP contribution is 2.50. The number of rotatable bonds is 3. The summed E-state index contributed by atoms with van der Waals surface area (Å²) in [5, 5.41) is 0. The van der Waals surface area contributed by atoms with E-state index in [2.05, 4.69) is 0 Å². The third-order valence-electron chi connectivity index (χ3n) is 4.57. The molecule has 132 valence electrons. The quantitative estimate of drug-likeness (QED) is 0.893. The Hall–Kier alpha value is -1.61. The van der Waals surface area contributed by atoms with Gasteiger partial charge in [0.15, 0.2) is 0 Å². The van der Waals surface area contributed by atoms with Crippen LogP contribution in [-0.2, 0) is 19.6 Å². The van der Waals surface area contributed by atoms with Crippen molar-refractivity contribution in [1.82, 2.24) is 4.72 Å². The zero-order valence-electron chi connectivity index (χ0n) is 12.7. The van der Waals surface area contributed by atoms with Crippen molar-refractivity contribution in [3.8, 4) is 0 Å². The van der Waals surface area contributed by atoms with Gasteiger partial charge in [0, 0.05) is 0 Å². The van der Waals surface area contributed by atoms with Crippen molar-refractivity contribution in [3.63, 3.8) is 0 Å². The smallest absolute Gasteiger partial charge is 0.373 e. The van der Waals surface area contributed by atoms with Gasteiger partial charge in [0.05, 0.1) is 28.9 Å². The van der Waals surface area contributed by atoms with Gasteiger partial charge in [0.25, 0.3) is 10.0 Å². The molecule has 0 aromatic heterocycles. The van der Waals surface area contributed by atoms with E-state index in [4.69, 9.17) is 4.74 Å². The van der Waals surface area contributed by atoms with Crippen LogP contribution in [0.5, 0.6) is 0 Å². The van der Waals surface area contributed by atoms with E-state index in [0.29, 0.717) is 12.0 Å². The highest BCUT2D eigenvalue weighted by molar-refractivity contribution is 7.90. The van der Waals surface area contributed by atoms with Crippen LogP contribution < -0.4 is 4.72 Å². The lowest BCUT2D eigenvalue weighted by atomic mass is 9.78. The summed E-state index contributed by atoms with van der Waals surface area (Å²) in [5.41, 5.74) is 0.398. The first-order chi connectivity index (χ1) is 11.1. The molecule has 2 aliphatic rings. The van der Waals surface area contributed by atoms with Gasteiger partial charge in [-0.2, -0.15) is 13.2 Å². The van der Waals surface area contributed by atoms with Crippen LogP contribution in [0.1, 0.15) is 18.4 Å². The maximum Gasteiger partial charge on any atom is 0.395 e. The van der Waals surface area contributed by atoms with Crippen molar-refractivity contribution in [2.45, 2.75) is 43.0 Å². The molecular weight excluding hydrogens is 347 g/mol.